The van der Waals surface area contributed by atoms with Crippen LogP contribution in [0.5, 0.6) is 11.5 Å². The number of rotatable bonds is 3. The van der Waals surface area contributed by atoms with Crippen molar-refractivity contribution in [1.82, 2.24) is 13.9 Å². The Hall–Kier alpha value is -3.88. The molecule has 0 amide bonds. The quantitative estimate of drug-likeness (QED) is 0.562. The highest BCUT2D eigenvalue weighted by Crippen LogP contribution is 2.52. The highest BCUT2D eigenvalue weighted by Gasteiger charge is 2.45. The molecule has 1 N–H and O–H groups in total. The van der Waals surface area contributed by atoms with Crippen molar-refractivity contribution in [2.24, 2.45) is 7.05 Å². The lowest BCUT2D eigenvalue weighted by Gasteiger charge is -2.39. The third kappa shape index (κ3) is 2.84. The van der Waals surface area contributed by atoms with Gasteiger partial charge in [-0.3, -0.25) is 9.59 Å². The molecular weight excluding hydrogens is 426 g/mol. The molecule has 1 aromatic carbocycles. The van der Waals surface area contributed by atoms with Crippen molar-refractivity contribution in [2.75, 3.05) is 6.61 Å². The summed E-state index contributed by atoms with van der Waals surface area (Å²) in [7, 11) is 1.41. The third-order valence-electron chi connectivity index (χ3n) is 6.66. The largest absolute Gasteiger partial charge is 0.504 e. The number of allylic oxidation sites excluding steroid dienone is 6. The number of Topliss-reactive ketones (excluding diaryl/α,β-unsaturated/α-hetero) is 1. The number of nitrogens with zero attached hydrogens (tertiary/aromatic N) is 3. The molecule has 0 spiro atoms. The van der Waals surface area contributed by atoms with E-state index in [1.165, 1.54) is 22.5 Å². The molecule has 0 radical (unpaired) electrons. The molecule has 33 heavy (non-hydrogen) atoms. The van der Waals surface area contributed by atoms with E-state index in [0.29, 0.717) is 34.5 Å². The van der Waals surface area contributed by atoms with Gasteiger partial charge in [-0.25, -0.2) is 23.5 Å². The Kier molecular flexibility index (Phi) is 4.66. The molecule has 1 aromatic heterocycles. The van der Waals surface area contributed by atoms with E-state index in [0.717, 1.165) is 4.57 Å². The zero-order chi connectivity index (χ0) is 23.6. The van der Waals surface area contributed by atoms with E-state index in [-0.39, 0.29) is 36.0 Å². The third-order valence-corrected chi connectivity index (χ3v) is 6.66. The molecule has 0 fully saturated rings. The van der Waals surface area contributed by atoms with Gasteiger partial charge in [-0.1, -0.05) is 18.2 Å². The van der Waals surface area contributed by atoms with Crippen LogP contribution in [0.25, 0.3) is 0 Å². The van der Waals surface area contributed by atoms with Crippen LogP contribution < -0.4 is 16.1 Å². The molecule has 2 atom stereocenters. The molecule has 3 aliphatic rings. The van der Waals surface area contributed by atoms with E-state index in [1.54, 1.807) is 32.0 Å². The first kappa shape index (κ1) is 21.0. The molecule has 9 nitrogen and oxygen atoms in total. The number of phenols is 1. The molecule has 1 aliphatic heterocycles. The van der Waals surface area contributed by atoms with Gasteiger partial charge < -0.3 is 9.84 Å². The van der Waals surface area contributed by atoms with E-state index in [9.17, 15) is 24.3 Å². The first-order chi connectivity index (χ1) is 15.8. The minimum atomic E-state index is -0.754. The van der Waals surface area contributed by atoms with Crippen molar-refractivity contribution in [2.45, 2.75) is 38.8 Å². The Morgan fingerprint density at radius 1 is 1.15 bits per heavy atom. The van der Waals surface area contributed by atoms with Crippen molar-refractivity contribution in [3.8, 4) is 11.5 Å². The van der Waals surface area contributed by atoms with Crippen LogP contribution in [-0.4, -0.2) is 37.2 Å². The van der Waals surface area contributed by atoms with Gasteiger partial charge >= 0.3 is 11.4 Å². The van der Waals surface area contributed by atoms with E-state index in [4.69, 9.17) is 4.74 Å². The highest BCUT2D eigenvalue weighted by atomic mass is 16.5. The molecular formula is C24H23N3O6. The first-order valence-electron chi connectivity index (χ1n) is 10.8. The summed E-state index contributed by atoms with van der Waals surface area (Å²) < 4.78 is 9.28. The molecule has 0 bridgehead atoms. The second-order valence-corrected chi connectivity index (χ2v) is 8.45. The molecule has 0 saturated heterocycles. The zero-order valence-corrected chi connectivity index (χ0v) is 18.5. The summed E-state index contributed by atoms with van der Waals surface area (Å²) >= 11 is 0. The summed E-state index contributed by atoms with van der Waals surface area (Å²) in [6.45, 7) is 3.87. The van der Waals surface area contributed by atoms with Crippen LogP contribution in [-0.2, 0) is 23.2 Å². The van der Waals surface area contributed by atoms with Crippen LogP contribution in [0.2, 0.25) is 0 Å². The monoisotopic (exact) mass is 449 g/mol. The molecule has 0 saturated carbocycles. The summed E-state index contributed by atoms with van der Waals surface area (Å²) in [4.78, 5) is 51.8. The number of ether oxygens (including phenoxy) is 1. The number of carbonyl (C=O) groups excluding carboxylic acids is 2. The smallest absolute Gasteiger partial charge is 0.347 e. The van der Waals surface area contributed by atoms with Gasteiger partial charge in [0.1, 0.15) is 0 Å². The number of hydrogen-bond donors (Lipinski definition) is 1. The summed E-state index contributed by atoms with van der Waals surface area (Å²) in [6.07, 6.45) is 3.24. The second kappa shape index (κ2) is 7.33. The van der Waals surface area contributed by atoms with Crippen LogP contribution in [0.15, 0.2) is 62.2 Å². The molecule has 2 heterocycles. The Labute approximate surface area is 188 Å². The number of aromatic hydroxyl groups is 1. The van der Waals surface area contributed by atoms with Crippen molar-refractivity contribution < 1.29 is 19.4 Å². The highest BCUT2D eigenvalue weighted by molar-refractivity contribution is 6.23. The average molecular weight is 449 g/mol. The minimum Gasteiger partial charge on any atom is -0.504 e. The number of carbonyl (C=O) groups is 2. The normalized spacial score (nSPS) is 21.8. The fourth-order valence-corrected chi connectivity index (χ4v) is 5.14. The van der Waals surface area contributed by atoms with Gasteiger partial charge in [0.25, 0.3) is 0 Å². The number of fused-ring (bicyclic) bond motifs is 3. The van der Waals surface area contributed by atoms with Gasteiger partial charge in [0, 0.05) is 41.7 Å². The number of benzene rings is 1. The van der Waals surface area contributed by atoms with E-state index < -0.39 is 23.3 Å². The van der Waals surface area contributed by atoms with Gasteiger partial charge in [0.05, 0.1) is 19.2 Å². The van der Waals surface area contributed by atoms with Crippen LogP contribution in [0, 0.1) is 0 Å². The lowest BCUT2D eigenvalue weighted by atomic mass is 9.67. The average Bonchev–Trinajstić information content (AvgIpc) is 3.02. The predicted octanol–water partition coefficient (Wildman–Crippen LogP) is 1.52. The minimum absolute atomic E-state index is 0.112. The maximum Gasteiger partial charge on any atom is 0.347 e. The topological polar surface area (TPSA) is 113 Å². The molecule has 170 valence electrons. The Morgan fingerprint density at radius 3 is 2.64 bits per heavy atom. The summed E-state index contributed by atoms with van der Waals surface area (Å²) in [5.74, 6) is -1.16. The van der Waals surface area contributed by atoms with Crippen molar-refractivity contribution in [1.29, 1.82) is 0 Å². The number of ketones is 2. The van der Waals surface area contributed by atoms with Crippen LogP contribution >= 0.6 is 0 Å². The van der Waals surface area contributed by atoms with E-state index in [2.05, 4.69) is 0 Å². The Morgan fingerprint density at radius 2 is 1.91 bits per heavy atom. The number of para-hydroxylation sites is 1. The molecule has 2 unspecified atom stereocenters. The number of aromatic nitrogens is 3. The fourth-order valence-electron chi connectivity index (χ4n) is 5.14. The van der Waals surface area contributed by atoms with Crippen LogP contribution in [0.1, 0.15) is 37.8 Å². The fraction of sp³-hybridized carbons (Fsp3) is 0.333. The summed E-state index contributed by atoms with van der Waals surface area (Å²) in [5.41, 5.74) is 1.11. The zero-order valence-electron chi connectivity index (χ0n) is 18.5. The molecule has 2 aliphatic carbocycles. The second-order valence-electron chi connectivity index (χ2n) is 8.45. The number of hydrogen-bond acceptors (Lipinski definition) is 6. The van der Waals surface area contributed by atoms with Crippen LogP contribution in [0.4, 0.5) is 0 Å². The van der Waals surface area contributed by atoms with Crippen molar-refractivity contribution in [3.63, 3.8) is 0 Å². The SMILES string of the molecule is CCOc1cccc(C2C3=CCn4c(=O)n(C)c(=O)n4C3CC3=C2C(=O)C(C)=CC3=O)c1O. The maximum atomic E-state index is 13.3. The Balaban J connectivity index is 1.79. The lowest BCUT2D eigenvalue weighted by molar-refractivity contribution is -0.116. The van der Waals surface area contributed by atoms with Gasteiger partial charge in [0.2, 0.25) is 0 Å². The van der Waals surface area contributed by atoms with E-state index >= 15 is 0 Å². The van der Waals surface area contributed by atoms with Gasteiger partial charge in [-0.05, 0) is 31.6 Å². The van der Waals surface area contributed by atoms with Crippen LogP contribution in [0.3, 0.4) is 0 Å². The van der Waals surface area contributed by atoms with Gasteiger partial charge in [-0.15, -0.1) is 0 Å². The molecule has 5 rings (SSSR count). The van der Waals surface area contributed by atoms with Gasteiger partial charge in [0.15, 0.2) is 23.1 Å². The first-order valence-corrected chi connectivity index (χ1v) is 10.8. The van der Waals surface area contributed by atoms with Crippen molar-refractivity contribution in [3.05, 3.63) is 79.2 Å². The summed E-state index contributed by atoms with van der Waals surface area (Å²) in [6, 6.07) is 4.40. The molecule has 2 aromatic rings. The standard InChI is InChI=1S/C24H23N3O6/c1-4-33-18-7-5-6-14(22(18)30)19-13-8-9-26-23(31)25(3)24(32)27(26)16(13)11-15-17(28)10-12(2)21(29)20(15)19/h5-8,10,16,19,30H,4,9,11H2,1-3H3. The molecule has 9 heteroatoms. The maximum absolute atomic E-state index is 13.3. The Bertz CT molecular complexity index is 1450. The summed E-state index contributed by atoms with van der Waals surface area (Å²) in [5, 5.41) is 11.1. The number of phenolic OH excluding ortho intramolecular Hbond substituents is 1. The van der Waals surface area contributed by atoms with Gasteiger partial charge in [-0.2, -0.15) is 0 Å². The predicted molar refractivity (Wildman–Crippen MR) is 118 cm³/mol. The van der Waals surface area contributed by atoms with E-state index in [1.807, 2.05) is 6.08 Å². The van der Waals surface area contributed by atoms with Crippen molar-refractivity contribution >= 4 is 11.6 Å². The lowest BCUT2D eigenvalue weighted by Crippen LogP contribution is -2.40.